The Morgan fingerprint density at radius 2 is 1.79 bits per heavy atom. The van der Waals surface area contributed by atoms with Crippen molar-refractivity contribution < 1.29 is 34.3 Å². The van der Waals surface area contributed by atoms with Gasteiger partial charge in [-0.25, -0.2) is 4.79 Å². The Bertz CT molecular complexity index is 871. The largest absolute Gasteiger partial charge is 0.478 e. The van der Waals surface area contributed by atoms with E-state index in [1.165, 1.54) is 18.2 Å². The van der Waals surface area contributed by atoms with Crippen LogP contribution in [0.3, 0.4) is 0 Å². The van der Waals surface area contributed by atoms with Gasteiger partial charge in [0.25, 0.3) is 6.47 Å². The number of carbonyl (C=O) groups is 3. The summed E-state index contributed by atoms with van der Waals surface area (Å²) in [5.41, 5.74) is 7.13. The van der Waals surface area contributed by atoms with Crippen LogP contribution in [-0.4, -0.2) is 46.6 Å². The number of nitrogens with two attached hydrogens (primary N) is 1. The molecule has 0 aliphatic heterocycles. The van der Waals surface area contributed by atoms with Gasteiger partial charge in [-0.15, -0.1) is 0 Å². The Hall–Kier alpha value is -3.21. The lowest BCUT2D eigenvalue weighted by atomic mass is 9.75. The van der Waals surface area contributed by atoms with E-state index in [1.54, 1.807) is 24.3 Å². The van der Waals surface area contributed by atoms with Crippen LogP contribution in [0.1, 0.15) is 27.0 Å². The van der Waals surface area contributed by atoms with Gasteiger partial charge < -0.3 is 30.9 Å². The van der Waals surface area contributed by atoms with Crippen LogP contribution in [-0.2, 0) is 29.0 Å². The van der Waals surface area contributed by atoms with Crippen LogP contribution in [0.15, 0.2) is 42.5 Å². The first-order valence-electron chi connectivity index (χ1n) is 8.74. The molecule has 29 heavy (non-hydrogen) atoms. The zero-order valence-corrected chi connectivity index (χ0v) is 15.4. The Morgan fingerprint density at radius 1 is 1.14 bits per heavy atom. The van der Waals surface area contributed by atoms with Crippen molar-refractivity contribution in [2.24, 2.45) is 5.73 Å². The fourth-order valence-electron chi connectivity index (χ4n) is 2.81. The molecule has 0 heterocycles. The summed E-state index contributed by atoms with van der Waals surface area (Å²) in [5, 5.41) is 31.1. The van der Waals surface area contributed by atoms with E-state index in [0.717, 1.165) is 5.56 Å². The van der Waals surface area contributed by atoms with Gasteiger partial charge in [-0.3, -0.25) is 9.59 Å². The maximum Gasteiger partial charge on any atom is 0.475 e. The molecule has 152 valence electrons. The number of rotatable bonds is 10. The summed E-state index contributed by atoms with van der Waals surface area (Å²) in [6.45, 7) is 0.463. The Morgan fingerprint density at radius 3 is 2.34 bits per heavy atom. The minimum absolute atomic E-state index is 0.000925. The van der Waals surface area contributed by atoms with Gasteiger partial charge in [-0.05, 0) is 29.2 Å². The van der Waals surface area contributed by atoms with Crippen molar-refractivity contribution in [3.63, 3.8) is 0 Å². The SMILES string of the molecule is NCc1ccc(CC(=O)N[C@@H](Cc2cccc(C(=O)O)c2OC=O)B(O)O)cc1. The molecule has 0 fully saturated rings. The first-order chi connectivity index (χ1) is 13.8. The molecule has 0 bridgehead atoms. The van der Waals surface area contributed by atoms with E-state index in [0.29, 0.717) is 12.1 Å². The molecule has 0 aliphatic carbocycles. The van der Waals surface area contributed by atoms with Gasteiger partial charge in [0.05, 0.1) is 12.4 Å². The average molecular weight is 400 g/mol. The fraction of sp³-hybridized carbons (Fsp3) is 0.211. The van der Waals surface area contributed by atoms with Crippen LogP contribution in [0.2, 0.25) is 0 Å². The van der Waals surface area contributed by atoms with Gasteiger partial charge in [0.15, 0.2) is 0 Å². The number of aromatic carboxylic acids is 1. The van der Waals surface area contributed by atoms with Crippen molar-refractivity contribution >= 4 is 25.5 Å². The molecule has 0 aliphatic rings. The normalized spacial score (nSPS) is 11.4. The molecule has 1 amide bonds. The predicted octanol–water partition coefficient (Wildman–Crippen LogP) is -0.339. The predicted molar refractivity (Wildman–Crippen MR) is 104 cm³/mol. The Labute approximate surface area is 167 Å². The third-order valence-electron chi connectivity index (χ3n) is 4.26. The summed E-state index contributed by atoms with van der Waals surface area (Å²) < 4.78 is 4.78. The molecule has 0 unspecified atom stereocenters. The molecule has 0 radical (unpaired) electrons. The molecule has 0 saturated carbocycles. The number of carbonyl (C=O) groups excluding carboxylic acids is 2. The molecule has 2 aromatic rings. The van der Waals surface area contributed by atoms with E-state index in [1.807, 2.05) is 0 Å². The molecule has 9 nitrogen and oxygen atoms in total. The third kappa shape index (κ3) is 6.14. The van der Waals surface area contributed by atoms with Crippen molar-refractivity contribution in [2.45, 2.75) is 25.3 Å². The number of para-hydroxylation sites is 1. The molecule has 0 saturated heterocycles. The highest BCUT2D eigenvalue weighted by atomic mass is 16.5. The van der Waals surface area contributed by atoms with Crippen LogP contribution in [0, 0.1) is 0 Å². The van der Waals surface area contributed by atoms with Crippen LogP contribution < -0.4 is 15.8 Å². The summed E-state index contributed by atoms with van der Waals surface area (Å²) in [5.74, 6) is -3.14. The lowest BCUT2D eigenvalue weighted by molar-refractivity contribution is -0.121. The number of ether oxygens (including phenoxy) is 1. The number of nitrogens with one attached hydrogen (secondary N) is 1. The zero-order valence-electron chi connectivity index (χ0n) is 15.4. The monoisotopic (exact) mass is 400 g/mol. The number of benzene rings is 2. The molecule has 0 aromatic heterocycles. The standard InChI is InChI=1S/C19H21BN2O7/c21-10-13-6-4-12(5-7-13)8-17(24)22-16(20(27)28)9-14-2-1-3-15(19(25)26)18(14)29-11-23/h1-7,11,16,27-28H,8-10,21H2,(H,22,24)(H,25,26)/t16-/m0/s1. The van der Waals surface area contributed by atoms with E-state index in [2.05, 4.69) is 5.32 Å². The molecule has 2 rings (SSSR count). The van der Waals surface area contributed by atoms with Gasteiger partial charge in [0, 0.05) is 6.54 Å². The maximum atomic E-state index is 12.3. The molecular formula is C19H21BN2O7. The number of carboxylic acid groups (broad SMARTS) is 1. The highest BCUT2D eigenvalue weighted by molar-refractivity contribution is 6.43. The number of carboxylic acids is 1. The second-order valence-corrected chi connectivity index (χ2v) is 6.30. The molecule has 1 atom stereocenters. The number of amides is 1. The van der Waals surface area contributed by atoms with E-state index >= 15 is 0 Å². The molecular weight excluding hydrogens is 379 g/mol. The van der Waals surface area contributed by atoms with Crippen molar-refractivity contribution in [3.8, 4) is 5.75 Å². The first-order valence-corrected chi connectivity index (χ1v) is 8.74. The zero-order chi connectivity index (χ0) is 21.4. The van der Waals surface area contributed by atoms with Gasteiger partial charge in [-0.2, -0.15) is 0 Å². The van der Waals surface area contributed by atoms with Gasteiger partial charge in [0.1, 0.15) is 11.3 Å². The van der Waals surface area contributed by atoms with Gasteiger partial charge >= 0.3 is 13.1 Å². The van der Waals surface area contributed by atoms with Crippen molar-refractivity contribution in [3.05, 3.63) is 64.7 Å². The second kappa shape index (κ2) is 10.4. The molecule has 10 heteroatoms. The van der Waals surface area contributed by atoms with E-state index < -0.39 is 24.9 Å². The summed E-state index contributed by atoms with van der Waals surface area (Å²) in [6, 6.07) is 11.2. The fourth-order valence-corrected chi connectivity index (χ4v) is 2.81. The minimum atomic E-state index is -1.92. The molecule has 2 aromatic carbocycles. The van der Waals surface area contributed by atoms with E-state index in [-0.39, 0.29) is 36.2 Å². The summed E-state index contributed by atoms with van der Waals surface area (Å²) in [4.78, 5) is 34.4. The topological polar surface area (TPSA) is 159 Å². The van der Waals surface area contributed by atoms with Crippen LogP contribution in [0.25, 0.3) is 0 Å². The van der Waals surface area contributed by atoms with Crippen molar-refractivity contribution in [1.29, 1.82) is 0 Å². The molecule has 6 N–H and O–H groups in total. The first kappa shape index (κ1) is 22.1. The van der Waals surface area contributed by atoms with Crippen molar-refractivity contribution in [2.75, 3.05) is 0 Å². The van der Waals surface area contributed by atoms with Crippen molar-refractivity contribution in [1.82, 2.24) is 5.32 Å². The summed E-state index contributed by atoms with van der Waals surface area (Å²) in [6.07, 6.45) is -0.166. The Kier molecular flexibility index (Phi) is 7.90. The van der Waals surface area contributed by atoms with Gasteiger partial charge in [0.2, 0.25) is 5.91 Å². The number of hydrogen-bond acceptors (Lipinski definition) is 7. The van der Waals surface area contributed by atoms with E-state index in [9.17, 15) is 29.5 Å². The summed E-state index contributed by atoms with van der Waals surface area (Å²) >= 11 is 0. The Balaban J connectivity index is 2.15. The van der Waals surface area contributed by atoms with E-state index in [4.69, 9.17) is 10.5 Å². The van der Waals surface area contributed by atoms with Crippen LogP contribution in [0.5, 0.6) is 5.75 Å². The lowest BCUT2D eigenvalue weighted by Crippen LogP contribution is -2.48. The van der Waals surface area contributed by atoms with Crippen LogP contribution in [0.4, 0.5) is 0 Å². The highest BCUT2D eigenvalue weighted by Gasteiger charge is 2.28. The third-order valence-corrected chi connectivity index (χ3v) is 4.26. The second-order valence-electron chi connectivity index (χ2n) is 6.30. The molecule has 0 spiro atoms. The number of hydrogen-bond donors (Lipinski definition) is 5. The quantitative estimate of drug-likeness (QED) is 0.268. The smallest absolute Gasteiger partial charge is 0.475 e. The lowest BCUT2D eigenvalue weighted by Gasteiger charge is -2.19. The summed E-state index contributed by atoms with van der Waals surface area (Å²) in [7, 11) is -1.92. The average Bonchev–Trinajstić information content (AvgIpc) is 2.69. The van der Waals surface area contributed by atoms with Crippen LogP contribution >= 0.6 is 0 Å². The minimum Gasteiger partial charge on any atom is -0.478 e. The van der Waals surface area contributed by atoms with Gasteiger partial charge in [-0.1, -0.05) is 36.4 Å². The highest BCUT2D eigenvalue weighted by Crippen LogP contribution is 2.25. The maximum absolute atomic E-state index is 12.3.